The van der Waals surface area contributed by atoms with Gasteiger partial charge in [0.05, 0.1) is 17.1 Å². The Morgan fingerprint density at radius 1 is 0.725 bits per heavy atom. The number of hydrogen-bond donors (Lipinski definition) is 0. The predicted octanol–water partition coefficient (Wildman–Crippen LogP) is 10.6. The van der Waals surface area contributed by atoms with E-state index in [9.17, 15) is 0 Å². The summed E-state index contributed by atoms with van der Waals surface area (Å²) in [6.07, 6.45) is 3.47. The molecule has 5 aromatic carbocycles. The number of pyridine rings is 1. The molecular formula is C43H33N5O2Pt. The zero-order valence-corrected chi connectivity index (χ0v) is 31.0. The van der Waals surface area contributed by atoms with Crippen molar-refractivity contribution in [3.8, 4) is 34.4 Å². The van der Waals surface area contributed by atoms with E-state index in [1.807, 2.05) is 41.2 Å². The second-order valence-electron chi connectivity index (χ2n) is 13.8. The third-order valence-electron chi connectivity index (χ3n) is 9.42. The number of para-hydroxylation sites is 3. The fraction of sp³-hybridized carbons (Fsp3) is 0.140. The van der Waals surface area contributed by atoms with Gasteiger partial charge in [-0.25, -0.2) is 4.98 Å². The first kappa shape index (κ1) is 32.7. The number of rotatable bonds is 5. The van der Waals surface area contributed by atoms with Crippen molar-refractivity contribution < 1.29 is 30.2 Å². The fourth-order valence-corrected chi connectivity index (χ4v) is 7.00. The van der Waals surface area contributed by atoms with Crippen LogP contribution in [0.1, 0.15) is 37.5 Å². The van der Waals surface area contributed by atoms with Crippen LogP contribution in [0.25, 0.3) is 66.6 Å². The molecule has 8 heteroatoms. The summed E-state index contributed by atoms with van der Waals surface area (Å²) in [6, 6.07) is 39.9. The quantitative estimate of drug-likeness (QED) is 0.161. The molecule has 7 nitrogen and oxygen atoms in total. The molecule has 4 aromatic heterocycles. The molecular weight excluding hydrogens is 814 g/mol. The van der Waals surface area contributed by atoms with Crippen LogP contribution in [0.5, 0.6) is 11.5 Å². The van der Waals surface area contributed by atoms with Gasteiger partial charge in [0.15, 0.2) is 0 Å². The van der Waals surface area contributed by atoms with Crippen LogP contribution in [0.4, 0.5) is 0 Å². The summed E-state index contributed by atoms with van der Waals surface area (Å²) in [4.78, 5) is 9.59. The molecule has 0 N–H and O–H groups in total. The van der Waals surface area contributed by atoms with Crippen molar-refractivity contribution in [2.45, 2.75) is 40.0 Å². The largest absolute Gasteiger partial charge is 2.00 e. The molecule has 0 aliphatic carbocycles. The SMILES string of the molecule is Cc1cccc(C)c1-n1ncnc1-c1[c-]c(Oc2[c-]c3c(cc2)c2ccccc2n3-c2cc(C(C)(C)C)ccn2)cc2oc3ccccc3c12.[Pt+2]. The second kappa shape index (κ2) is 12.4. The molecule has 0 saturated heterocycles. The van der Waals surface area contributed by atoms with Crippen LogP contribution in [0.2, 0.25) is 0 Å². The van der Waals surface area contributed by atoms with Crippen molar-refractivity contribution in [3.05, 3.63) is 138 Å². The minimum absolute atomic E-state index is 0. The Bertz CT molecular complexity index is 2750. The number of nitrogens with zero attached hydrogens (tertiary/aromatic N) is 5. The van der Waals surface area contributed by atoms with Crippen LogP contribution in [0, 0.1) is 26.0 Å². The molecule has 0 unspecified atom stereocenters. The van der Waals surface area contributed by atoms with Gasteiger partial charge in [0, 0.05) is 23.2 Å². The fourth-order valence-electron chi connectivity index (χ4n) is 7.00. The summed E-state index contributed by atoms with van der Waals surface area (Å²) in [5, 5.41) is 8.74. The van der Waals surface area contributed by atoms with Gasteiger partial charge in [-0.1, -0.05) is 104 Å². The van der Waals surface area contributed by atoms with Gasteiger partial charge in [0.25, 0.3) is 0 Å². The predicted molar refractivity (Wildman–Crippen MR) is 199 cm³/mol. The number of aromatic nitrogens is 5. The summed E-state index contributed by atoms with van der Waals surface area (Å²) >= 11 is 0. The molecule has 0 aliphatic rings. The molecule has 0 radical (unpaired) electrons. The van der Waals surface area contributed by atoms with Crippen molar-refractivity contribution in [2.75, 3.05) is 0 Å². The van der Waals surface area contributed by atoms with Crippen LogP contribution < -0.4 is 4.74 Å². The Balaban J connectivity index is 0.00000374. The summed E-state index contributed by atoms with van der Waals surface area (Å²) in [5.41, 5.74) is 8.46. The molecule has 0 fully saturated rings. The van der Waals surface area contributed by atoms with E-state index in [1.54, 1.807) is 6.33 Å². The zero-order chi connectivity index (χ0) is 34.1. The molecule has 0 atom stereocenters. The van der Waals surface area contributed by atoms with E-state index >= 15 is 0 Å². The van der Waals surface area contributed by atoms with Gasteiger partial charge in [-0.2, -0.15) is 11.2 Å². The van der Waals surface area contributed by atoms with E-state index in [2.05, 4.69) is 123 Å². The van der Waals surface area contributed by atoms with E-state index in [0.717, 1.165) is 66.4 Å². The molecule has 252 valence electrons. The Morgan fingerprint density at radius 3 is 2.29 bits per heavy atom. The number of ether oxygens (including phenoxy) is 1. The number of fused-ring (bicyclic) bond motifs is 6. The minimum Gasteiger partial charge on any atom is -0.503 e. The Labute approximate surface area is 309 Å². The summed E-state index contributed by atoms with van der Waals surface area (Å²) in [7, 11) is 0. The first-order valence-electron chi connectivity index (χ1n) is 16.7. The van der Waals surface area contributed by atoms with Gasteiger partial charge in [0.1, 0.15) is 17.7 Å². The van der Waals surface area contributed by atoms with Gasteiger partial charge in [-0.05, 0) is 71.0 Å². The third kappa shape index (κ3) is 5.44. The molecule has 51 heavy (non-hydrogen) atoms. The van der Waals surface area contributed by atoms with Gasteiger partial charge < -0.3 is 13.7 Å². The topological polar surface area (TPSA) is 70.9 Å². The van der Waals surface area contributed by atoms with Crippen molar-refractivity contribution in [1.82, 2.24) is 24.3 Å². The summed E-state index contributed by atoms with van der Waals surface area (Å²) < 4.78 is 17.1. The standard InChI is InChI=1S/C43H33N5O2.Pt/c1-26-11-10-12-27(2)41(26)48-42(45-25-46-48)34-22-30(24-38-40(34)33-14-7-9-16-37(33)50-38)49-29-17-18-32-31-13-6-8-15-35(31)47(36(32)23-29)39-21-28(19-20-44-39)43(3,4)5;/h6-21,24-25H,1-5H3;/q-2;+2. The van der Waals surface area contributed by atoms with E-state index in [-0.39, 0.29) is 26.5 Å². The summed E-state index contributed by atoms with van der Waals surface area (Å²) in [5.74, 6) is 2.50. The molecule has 4 heterocycles. The van der Waals surface area contributed by atoms with E-state index in [1.165, 1.54) is 5.56 Å². The molecule has 0 saturated carbocycles. The van der Waals surface area contributed by atoms with Crippen LogP contribution >= 0.6 is 0 Å². The van der Waals surface area contributed by atoms with Gasteiger partial charge in [-0.3, -0.25) is 9.67 Å². The van der Waals surface area contributed by atoms with Crippen molar-refractivity contribution in [3.63, 3.8) is 0 Å². The Hall–Kier alpha value is -5.52. The van der Waals surface area contributed by atoms with Gasteiger partial charge in [0.2, 0.25) is 0 Å². The van der Waals surface area contributed by atoms with E-state index in [0.29, 0.717) is 22.9 Å². The number of aryl methyl sites for hydroxylation is 2. The molecule has 0 spiro atoms. The normalized spacial score (nSPS) is 11.9. The number of hydrogen-bond acceptors (Lipinski definition) is 5. The number of benzene rings is 5. The average molecular weight is 847 g/mol. The van der Waals surface area contributed by atoms with Crippen LogP contribution in [-0.4, -0.2) is 24.3 Å². The average Bonchev–Trinajstić information content (AvgIpc) is 3.82. The second-order valence-corrected chi connectivity index (χ2v) is 13.8. The third-order valence-corrected chi connectivity index (χ3v) is 9.42. The maximum absolute atomic E-state index is 6.62. The van der Waals surface area contributed by atoms with Crippen molar-refractivity contribution in [1.29, 1.82) is 0 Å². The molecule has 9 rings (SSSR count). The van der Waals surface area contributed by atoms with Gasteiger partial charge >= 0.3 is 21.1 Å². The minimum atomic E-state index is -0.0284. The monoisotopic (exact) mass is 846 g/mol. The first-order chi connectivity index (χ1) is 24.2. The van der Waals surface area contributed by atoms with Crippen molar-refractivity contribution in [2.24, 2.45) is 0 Å². The molecule has 9 aromatic rings. The smallest absolute Gasteiger partial charge is 0.503 e. The Morgan fingerprint density at radius 2 is 1.49 bits per heavy atom. The molecule has 0 aliphatic heterocycles. The molecule has 0 bridgehead atoms. The zero-order valence-electron chi connectivity index (χ0n) is 28.8. The maximum Gasteiger partial charge on any atom is 2.00 e. The van der Waals surface area contributed by atoms with Crippen LogP contribution in [0.15, 0.2) is 114 Å². The summed E-state index contributed by atoms with van der Waals surface area (Å²) in [6.45, 7) is 10.8. The van der Waals surface area contributed by atoms with Crippen LogP contribution in [0.3, 0.4) is 0 Å². The number of furan rings is 1. The van der Waals surface area contributed by atoms with Crippen molar-refractivity contribution >= 4 is 43.7 Å². The van der Waals surface area contributed by atoms with Crippen LogP contribution in [-0.2, 0) is 26.5 Å². The van der Waals surface area contributed by atoms with Gasteiger partial charge in [-0.15, -0.1) is 17.5 Å². The maximum atomic E-state index is 6.62. The van der Waals surface area contributed by atoms with E-state index in [4.69, 9.17) is 19.1 Å². The molecule has 0 amide bonds. The first-order valence-corrected chi connectivity index (χ1v) is 16.7. The van der Waals surface area contributed by atoms with E-state index < -0.39 is 0 Å². The Kier molecular flexibility index (Phi) is 7.92.